The zero-order valence-electron chi connectivity index (χ0n) is 38.9. The van der Waals surface area contributed by atoms with Crippen LogP contribution in [-0.4, -0.2) is 115 Å². The van der Waals surface area contributed by atoms with Gasteiger partial charge in [0.2, 0.25) is 17.7 Å². The summed E-state index contributed by atoms with van der Waals surface area (Å²) in [6.45, 7) is 7.31. The molecule has 3 unspecified atom stereocenters. The maximum absolute atomic E-state index is 16.2. The van der Waals surface area contributed by atoms with Crippen LogP contribution in [0, 0.1) is 17.6 Å². The molecule has 1 aromatic heterocycles. The minimum Gasteiger partial charge on any atom is -0.494 e. The van der Waals surface area contributed by atoms with Crippen molar-refractivity contribution >= 4 is 57.8 Å². The van der Waals surface area contributed by atoms with E-state index in [1.165, 1.54) is 30.2 Å². The Morgan fingerprint density at radius 1 is 0.957 bits per heavy atom. The number of methoxy groups -OCH3 is 1. The molecule has 0 radical (unpaired) electrons. The number of imide groups is 1. The number of aryl methyl sites for hydroxylation is 1. The molecule has 10 rings (SSSR count). The molecular weight excluding hydrogens is 908 g/mol. The quantitative estimate of drug-likeness (QED) is 0.130. The van der Waals surface area contributed by atoms with Crippen molar-refractivity contribution in [1.29, 1.82) is 0 Å². The van der Waals surface area contributed by atoms with Crippen LogP contribution < -0.4 is 35.6 Å². The number of nitrogens with two attached hydrogens (primary N) is 1. The van der Waals surface area contributed by atoms with Crippen molar-refractivity contribution in [2.45, 2.75) is 69.1 Å². The summed E-state index contributed by atoms with van der Waals surface area (Å²) >= 11 is 6.71. The summed E-state index contributed by atoms with van der Waals surface area (Å²) in [5.41, 5.74) is 7.51. The lowest BCUT2D eigenvalue weighted by Gasteiger charge is -2.39. The number of aromatic nitrogens is 2. The Kier molecular flexibility index (Phi) is 12.5. The number of urea groups is 1. The van der Waals surface area contributed by atoms with E-state index in [1.54, 1.807) is 0 Å². The molecule has 4 aromatic carbocycles. The van der Waals surface area contributed by atoms with Crippen molar-refractivity contribution in [1.82, 2.24) is 30.2 Å². The van der Waals surface area contributed by atoms with E-state index in [9.17, 15) is 19.2 Å². The number of carbonyl (C=O) groups is 4. The topological polar surface area (TPSA) is 168 Å². The van der Waals surface area contributed by atoms with Crippen molar-refractivity contribution < 1.29 is 37.4 Å². The molecule has 4 fully saturated rings. The Labute approximate surface area is 403 Å². The molecule has 0 bridgehead atoms. The van der Waals surface area contributed by atoms with Crippen LogP contribution in [0.25, 0.3) is 22.0 Å². The first-order valence-corrected chi connectivity index (χ1v) is 24.2. The number of rotatable bonds is 11. The third-order valence-electron chi connectivity index (χ3n) is 15.3. The van der Waals surface area contributed by atoms with Crippen LogP contribution in [0.5, 0.6) is 11.5 Å². The number of likely N-dealkylation sites (tertiary alicyclic amines) is 1. The van der Waals surface area contributed by atoms with Crippen molar-refractivity contribution in [3.05, 3.63) is 100 Å². The number of hydrogen-bond donors (Lipinski definition) is 3. The van der Waals surface area contributed by atoms with Gasteiger partial charge in [0.25, 0.3) is 0 Å². The minimum atomic E-state index is -1.08. The number of carbonyl (C=O) groups excluding carboxylic acids is 4. The molecule has 1 aliphatic carbocycles. The zero-order chi connectivity index (χ0) is 48.3. The summed E-state index contributed by atoms with van der Waals surface area (Å²) in [4.78, 5) is 59.8. The lowest BCUT2D eigenvalue weighted by molar-refractivity contribution is -0.135. The Bertz CT molecular complexity index is 2850. The fraction of sp³-hybridized carbons (Fsp3) is 0.431. The minimum absolute atomic E-state index is 0.00617. The van der Waals surface area contributed by atoms with Gasteiger partial charge in [0.15, 0.2) is 23.0 Å². The number of fused-ring (bicyclic) bond motifs is 2. The number of nitrogens with one attached hydrogen (secondary N) is 2. The second kappa shape index (κ2) is 18.6. The number of ether oxygens (including phenoxy) is 2. The zero-order valence-corrected chi connectivity index (χ0v) is 39.7. The molecule has 5 amide bonds. The highest BCUT2D eigenvalue weighted by molar-refractivity contribution is 6.34. The number of piperazine rings is 1. The van der Waals surface area contributed by atoms with Gasteiger partial charge in [-0.3, -0.25) is 34.2 Å². The molecular formula is C51H56ClF2N9O6. The second-order valence-corrected chi connectivity index (χ2v) is 19.3. The van der Waals surface area contributed by atoms with E-state index >= 15 is 8.78 Å². The predicted octanol–water partition coefficient (Wildman–Crippen LogP) is 6.69. The number of benzene rings is 4. The molecule has 362 valence electrons. The molecule has 18 heteroatoms. The Balaban J connectivity index is 0.774. The molecule has 5 heterocycles. The standard InChI is InChI=1S/C51H56ClF2N9O6/c1-29-41-39(26-36(53)44(52)43(41)42-34(47(55)65)16-17-38(68-3)45(42)54)69-51(29,31-8-5-4-6-9-31)28-56-32-14-12-30(13-15-32)49(66)62-20-18-33(27-62)60-22-24-61(25-23-60)37-11-7-10-35-46(37)59(2)58-48(35)63-21-19-40(64)57-50(63)67/h4-11,16-17,26,29-30,32-33,56H,12-15,18-25,27-28H2,1-3H3,(H2,55,65)(H,57,64,67). The number of para-hydroxylation sites is 1. The first-order chi connectivity index (χ1) is 33.3. The molecule has 15 nitrogen and oxygen atoms in total. The van der Waals surface area contributed by atoms with E-state index in [2.05, 4.69) is 31.4 Å². The van der Waals surface area contributed by atoms with Crippen molar-refractivity contribution in [2.24, 2.45) is 18.7 Å². The third kappa shape index (κ3) is 8.21. The highest BCUT2D eigenvalue weighted by Crippen LogP contribution is 2.56. The third-order valence-corrected chi connectivity index (χ3v) is 15.6. The number of nitrogens with zero attached hydrogens (tertiary/aromatic N) is 6. The number of primary amides is 1. The first-order valence-electron chi connectivity index (χ1n) is 23.8. The molecule has 5 aliphatic rings. The van der Waals surface area contributed by atoms with Crippen LogP contribution in [0.3, 0.4) is 0 Å². The fourth-order valence-electron chi connectivity index (χ4n) is 11.6. The van der Waals surface area contributed by atoms with Gasteiger partial charge in [-0.05, 0) is 61.9 Å². The van der Waals surface area contributed by atoms with E-state index in [-0.39, 0.29) is 76.0 Å². The van der Waals surface area contributed by atoms with Crippen LogP contribution in [0.4, 0.5) is 25.1 Å². The second-order valence-electron chi connectivity index (χ2n) is 19.0. The summed E-state index contributed by atoms with van der Waals surface area (Å²) in [5, 5.41) is 11.4. The molecule has 0 spiro atoms. The van der Waals surface area contributed by atoms with Crippen LogP contribution in [0.15, 0.2) is 66.7 Å². The molecule has 1 saturated carbocycles. The maximum atomic E-state index is 16.2. The Morgan fingerprint density at radius 2 is 1.71 bits per heavy atom. The highest BCUT2D eigenvalue weighted by Gasteiger charge is 2.50. The van der Waals surface area contributed by atoms with Gasteiger partial charge in [-0.25, -0.2) is 13.6 Å². The van der Waals surface area contributed by atoms with Crippen LogP contribution in [0.2, 0.25) is 5.02 Å². The van der Waals surface area contributed by atoms with Gasteiger partial charge in [-0.15, -0.1) is 0 Å². The molecule has 4 aliphatic heterocycles. The van der Waals surface area contributed by atoms with Crippen LogP contribution in [-0.2, 0) is 22.2 Å². The summed E-state index contributed by atoms with van der Waals surface area (Å²) in [5.74, 6) is -2.70. The molecule has 69 heavy (non-hydrogen) atoms. The monoisotopic (exact) mass is 963 g/mol. The summed E-state index contributed by atoms with van der Waals surface area (Å²) < 4.78 is 45.9. The molecule has 5 aromatic rings. The van der Waals surface area contributed by atoms with Crippen molar-refractivity contribution in [2.75, 3.05) is 69.3 Å². The maximum Gasteiger partial charge on any atom is 0.329 e. The summed E-state index contributed by atoms with van der Waals surface area (Å²) in [6.07, 6.45) is 4.19. The Hall–Kier alpha value is -6.30. The number of amides is 5. The fourth-order valence-corrected chi connectivity index (χ4v) is 11.8. The smallest absolute Gasteiger partial charge is 0.329 e. The highest BCUT2D eigenvalue weighted by atomic mass is 35.5. The van der Waals surface area contributed by atoms with Gasteiger partial charge in [-0.2, -0.15) is 5.10 Å². The lowest BCUT2D eigenvalue weighted by Crippen LogP contribution is -2.51. The van der Waals surface area contributed by atoms with E-state index in [1.807, 2.05) is 61.1 Å². The van der Waals surface area contributed by atoms with Gasteiger partial charge in [-0.1, -0.05) is 54.9 Å². The predicted molar refractivity (Wildman–Crippen MR) is 258 cm³/mol. The van der Waals surface area contributed by atoms with E-state index < -0.39 is 35.1 Å². The van der Waals surface area contributed by atoms with Crippen molar-refractivity contribution in [3.8, 4) is 22.6 Å². The SMILES string of the molecule is COc1ccc(C(N)=O)c(-c2c(Cl)c(F)cc3c2C(C)C(CNC2CCC(C(=O)N4CCC(N5CCN(c6cccc7c(N8CCC(=O)NC8=O)nn(C)c67)CC5)C4)CC2)(c2ccccc2)O3)c1F. The van der Waals surface area contributed by atoms with Gasteiger partial charge in [0, 0.05) is 118 Å². The normalized spacial score (nSPS) is 24.1. The number of halogens is 3. The summed E-state index contributed by atoms with van der Waals surface area (Å²) in [6, 6.07) is 19.4. The average molecular weight is 965 g/mol. The van der Waals surface area contributed by atoms with Gasteiger partial charge in [0.1, 0.15) is 11.6 Å². The van der Waals surface area contributed by atoms with Crippen molar-refractivity contribution in [3.63, 3.8) is 0 Å². The molecule has 3 atom stereocenters. The van der Waals surface area contributed by atoms with Crippen LogP contribution in [0.1, 0.15) is 72.9 Å². The van der Waals surface area contributed by atoms with Gasteiger partial charge >= 0.3 is 6.03 Å². The number of anilines is 2. The first kappa shape index (κ1) is 46.4. The average Bonchev–Trinajstić information content (AvgIpc) is 4.06. The molecule has 4 N–H and O–H groups in total. The van der Waals surface area contributed by atoms with Crippen LogP contribution >= 0.6 is 11.6 Å². The lowest BCUT2D eigenvalue weighted by atomic mass is 9.77. The van der Waals surface area contributed by atoms with E-state index in [4.69, 9.17) is 31.9 Å². The number of hydrogen-bond acceptors (Lipinski definition) is 10. The largest absolute Gasteiger partial charge is 0.494 e. The Morgan fingerprint density at radius 3 is 2.42 bits per heavy atom. The van der Waals surface area contributed by atoms with Gasteiger partial charge in [0.05, 0.1) is 28.9 Å². The summed E-state index contributed by atoms with van der Waals surface area (Å²) in [7, 11) is 3.18. The van der Waals surface area contributed by atoms with E-state index in [0.717, 1.165) is 87.0 Å². The molecule has 3 saturated heterocycles. The van der Waals surface area contributed by atoms with E-state index in [0.29, 0.717) is 24.5 Å². The van der Waals surface area contributed by atoms with Gasteiger partial charge < -0.3 is 30.3 Å².